The highest BCUT2D eigenvalue weighted by molar-refractivity contribution is 7.89. The molecule has 0 radical (unpaired) electrons. The molecular weight excluding hydrogens is 268 g/mol. The Balaban J connectivity index is 1.87. The second-order valence-electron chi connectivity index (χ2n) is 4.50. The number of para-hydroxylation sites is 2. The number of hydrogen-bond donors (Lipinski definition) is 2. The maximum atomic E-state index is 12.0. The minimum absolute atomic E-state index is 0.0448. The van der Waals surface area contributed by atoms with Crippen molar-refractivity contribution in [3.05, 3.63) is 24.3 Å². The lowest BCUT2D eigenvalue weighted by Gasteiger charge is -2.16. The molecule has 1 fully saturated rings. The van der Waals surface area contributed by atoms with E-state index in [-0.39, 0.29) is 18.9 Å². The minimum Gasteiger partial charge on any atom is -0.490 e. The molecule has 0 aliphatic carbocycles. The van der Waals surface area contributed by atoms with Gasteiger partial charge in [0.1, 0.15) is 12.4 Å². The summed E-state index contributed by atoms with van der Waals surface area (Å²) in [6.45, 7) is 0.593. The Morgan fingerprint density at radius 2 is 2.16 bits per heavy atom. The summed E-state index contributed by atoms with van der Waals surface area (Å²) in [5.41, 5.74) is 6.18. The summed E-state index contributed by atoms with van der Waals surface area (Å²) in [5.74, 6) is 0.368. The van der Waals surface area contributed by atoms with E-state index >= 15 is 0 Å². The molecule has 1 saturated heterocycles. The third-order valence-electron chi connectivity index (χ3n) is 3.04. The number of nitrogens with zero attached hydrogens (tertiary/aromatic N) is 1. The highest BCUT2D eigenvalue weighted by Gasteiger charge is 2.29. The molecule has 0 spiro atoms. The van der Waals surface area contributed by atoms with Gasteiger partial charge in [-0.2, -0.15) is 4.31 Å². The highest BCUT2D eigenvalue weighted by Crippen LogP contribution is 2.20. The first kappa shape index (κ1) is 14.1. The first-order valence-electron chi connectivity index (χ1n) is 6.12. The average molecular weight is 286 g/mol. The molecule has 7 heteroatoms. The molecule has 1 heterocycles. The number of sulfonamides is 1. The fourth-order valence-corrected chi connectivity index (χ4v) is 3.30. The van der Waals surface area contributed by atoms with Crippen LogP contribution in [0.15, 0.2) is 24.3 Å². The Kier molecular flexibility index (Phi) is 4.28. The molecule has 0 saturated carbocycles. The van der Waals surface area contributed by atoms with Crippen molar-refractivity contribution in [1.29, 1.82) is 0 Å². The van der Waals surface area contributed by atoms with Crippen LogP contribution in [0.5, 0.6) is 5.75 Å². The van der Waals surface area contributed by atoms with E-state index < -0.39 is 16.1 Å². The number of nitrogen functional groups attached to an aromatic ring is 1. The molecule has 2 rings (SSSR count). The summed E-state index contributed by atoms with van der Waals surface area (Å²) < 4.78 is 30.6. The summed E-state index contributed by atoms with van der Waals surface area (Å²) in [6, 6.07) is 6.95. The summed E-state index contributed by atoms with van der Waals surface area (Å²) in [4.78, 5) is 0. The van der Waals surface area contributed by atoms with Crippen LogP contribution in [0.25, 0.3) is 0 Å². The van der Waals surface area contributed by atoms with E-state index in [9.17, 15) is 13.5 Å². The molecule has 1 aromatic rings. The van der Waals surface area contributed by atoms with E-state index in [0.717, 1.165) is 0 Å². The Morgan fingerprint density at radius 1 is 1.42 bits per heavy atom. The number of aliphatic hydroxyl groups excluding tert-OH is 1. The highest BCUT2D eigenvalue weighted by atomic mass is 32.2. The number of nitrogens with two attached hydrogens (primary N) is 1. The first-order valence-corrected chi connectivity index (χ1v) is 7.73. The smallest absolute Gasteiger partial charge is 0.217 e. The van der Waals surface area contributed by atoms with Gasteiger partial charge >= 0.3 is 0 Å². The zero-order chi connectivity index (χ0) is 13.9. The van der Waals surface area contributed by atoms with E-state index in [1.165, 1.54) is 4.31 Å². The standard InChI is InChI=1S/C12H18N2O4S/c13-11-3-1-2-4-12(11)18-7-8-19(16,17)14-6-5-10(15)9-14/h1-4,10,15H,5-9,13H2/t10-/m1/s1. The van der Waals surface area contributed by atoms with Crippen LogP contribution < -0.4 is 10.5 Å². The van der Waals surface area contributed by atoms with Gasteiger partial charge in [0.2, 0.25) is 10.0 Å². The third kappa shape index (κ3) is 3.59. The number of β-amino-alcohol motifs (C(OH)–C–C–N with tert-alkyl or cyclic N) is 1. The molecule has 1 atom stereocenters. The fourth-order valence-electron chi connectivity index (χ4n) is 1.96. The largest absolute Gasteiger partial charge is 0.490 e. The van der Waals surface area contributed by atoms with E-state index in [4.69, 9.17) is 10.5 Å². The minimum atomic E-state index is -3.37. The Labute approximate surface area is 112 Å². The second kappa shape index (κ2) is 5.77. The normalized spacial score (nSPS) is 20.6. The van der Waals surface area contributed by atoms with Gasteiger partial charge in [0.15, 0.2) is 0 Å². The van der Waals surface area contributed by atoms with Gasteiger partial charge in [0.05, 0.1) is 17.5 Å². The van der Waals surface area contributed by atoms with Crippen LogP contribution in [0, 0.1) is 0 Å². The molecule has 19 heavy (non-hydrogen) atoms. The summed E-state index contributed by atoms with van der Waals surface area (Å²) in [6.07, 6.45) is -0.0633. The third-order valence-corrected chi connectivity index (χ3v) is 4.84. The number of benzene rings is 1. The van der Waals surface area contributed by atoms with Crippen molar-refractivity contribution in [3.8, 4) is 5.75 Å². The van der Waals surface area contributed by atoms with Gasteiger partial charge in [-0.15, -0.1) is 0 Å². The average Bonchev–Trinajstić information content (AvgIpc) is 2.79. The molecule has 6 nitrogen and oxygen atoms in total. The molecule has 0 amide bonds. The van der Waals surface area contributed by atoms with Crippen LogP contribution in [-0.4, -0.2) is 49.4 Å². The van der Waals surface area contributed by atoms with Gasteiger partial charge in [0, 0.05) is 13.1 Å². The molecule has 3 N–H and O–H groups in total. The zero-order valence-corrected chi connectivity index (χ0v) is 11.3. The number of hydrogen-bond acceptors (Lipinski definition) is 5. The lowest BCUT2D eigenvalue weighted by Crippen LogP contribution is -2.33. The van der Waals surface area contributed by atoms with E-state index in [2.05, 4.69) is 0 Å². The van der Waals surface area contributed by atoms with Crippen LogP contribution in [0.1, 0.15) is 6.42 Å². The number of anilines is 1. The summed E-state index contributed by atoms with van der Waals surface area (Å²) >= 11 is 0. The van der Waals surface area contributed by atoms with Gasteiger partial charge in [0.25, 0.3) is 0 Å². The predicted molar refractivity (Wildman–Crippen MR) is 72.3 cm³/mol. The van der Waals surface area contributed by atoms with E-state index in [0.29, 0.717) is 24.4 Å². The maximum Gasteiger partial charge on any atom is 0.217 e. The molecule has 0 unspecified atom stereocenters. The topological polar surface area (TPSA) is 92.9 Å². The number of rotatable bonds is 5. The molecule has 1 aromatic carbocycles. The van der Waals surface area contributed by atoms with Gasteiger partial charge in [-0.05, 0) is 18.6 Å². The lowest BCUT2D eigenvalue weighted by atomic mass is 10.3. The molecular formula is C12H18N2O4S. The molecule has 0 aromatic heterocycles. The van der Waals surface area contributed by atoms with Gasteiger partial charge in [-0.3, -0.25) is 0 Å². The Bertz CT molecular complexity index is 532. The quantitative estimate of drug-likeness (QED) is 0.746. The Hall–Kier alpha value is -1.31. The predicted octanol–water partition coefficient (Wildman–Crippen LogP) is 0.0440. The summed E-state index contributed by atoms with van der Waals surface area (Å²) in [5, 5.41) is 9.35. The summed E-state index contributed by atoms with van der Waals surface area (Å²) in [7, 11) is -3.37. The fraction of sp³-hybridized carbons (Fsp3) is 0.500. The molecule has 1 aliphatic heterocycles. The van der Waals surface area contributed by atoms with E-state index in [1.807, 2.05) is 0 Å². The first-order chi connectivity index (χ1) is 8.99. The van der Waals surface area contributed by atoms with Crippen molar-refractivity contribution in [2.75, 3.05) is 31.2 Å². The van der Waals surface area contributed by atoms with Crippen LogP contribution in [-0.2, 0) is 10.0 Å². The van der Waals surface area contributed by atoms with Gasteiger partial charge < -0.3 is 15.6 Å². The van der Waals surface area contributed by atoms with Crippen molar-refractivity contribution in [2.45, 2.75) is 12.5 Å². The number of aliphatic hydroxyl groups is 1. The van der Waals surface area contributed by atoms with Crippen molar-refractivity contribution >= 4 is 15.7 Å². The molecule has 1 aliphatic rings. The lowest BCUT2D eigenvalue weighted by molar-refractivity contribution is 0.189. The van der Waals surface area contributed by atoms with Crippen molar-refractivity contribution < 1.29 is 18.3 Å². The van der Waals surface area contributed by atoms with Crippen LogP contribution in [0.4, 0.5) is 5.69 Å². The maximum absolute atomic E-state index is 12.0. The van der Waals surface area contributed by atoms with Crippen LogP contribution >= 0.6 is 0 Å². The van der Waals surface area contributed by atoms with E-state index in [1.54, 1.807) is 24.3 Å². The van der Waals surface area contributed by atoms with Crippen molar-refractivity contribution in [2.24, 2.45) is 0 Å². The second-order valence-corrected chi connectivity index (χ2v) is 6.59. The van der Waals surface area contributed by atoms with Gasteiger partial charge in [-0.25, -0.2) is 8.42 Å². The van der Waals surface area contributed by atoms with Crippen LogP contribution in [0.3, 0.4) is 0 Å². The number of ether oxygens (including phenoxy) is 1. The molecule has 0 bridgehead atoms. The SMILES string of the molecule is Nc1ccccc1OCCS(=O)(=O)N1CC[C@@H](O)C1. The van der Waals surface area contributed by atoms with Crippen LogP contribution in [0.2, 0.25) is 0 Å². The van der Waals surface area contributed by atoms with Gasteiger partial charge in [-0.1, -0.05) is 12.1 Å². The zero-order valence-electron chi connectivity index (χ0n) is 10.5. The van der Waals surface area contributed by atoms with Crippen molar-refractivity contribution in [3.63, 3.8) is 0 Å². The monoisotopic (exact) mass is 286 g/mol. The molecule has 106 valence electrons. The van der Waals surface area contributed by atoms with Crippen molar-refractivity contribution in [1.82, 2.24) is 4.31 Å². The Morgan fingerprint density at radius 3 is 2.79 bits per heavy atom.